The van der Waals surface area contributed by atoms with Gasteiger partial charge in [-0.3, -0.25) is 4.79 Å². The van der Waals surface area contributed by atoms with E-state index in [4.69, 9.17) is 11.6 Å². The lowest BCUT2D eigenvalue weighted by molar-refractivity contribution is 0.104. The molecule has 0 aromatic heterocycles. The highest BCUT2D eigenvalue weighted by molar-refractivity contribution is 6.30. The first-order valence-electron chi connectivity index (χ1n) is 9.27. The summed E-state index contributed by atoms with van der Waals surface area (Å²) in [4.78, 5) is 15.1. The van der Waals surface area contributed by atoms with Crippen LogP contribution in [-0.2, 0) is 6.42 Å². The molecule has 0 bridgehead atoms. The zero-order chi connectivity index (χ0) is 17.9. The number of halogens is 1. The summed E-state index contributed by atoms with van der Waals surface area (Å²) >= 11 is 5.92. The third-order valence-electron chi connectivity index (χ3n) is 5.27. The van der Waals surface area contributed by atoms with Crippen LogP contribution in [0, 0.1) is 0 Å². The van der Waals surface area contributed by atoms with Crippen molar-refractivity contribution in [2.45, 2.75) is 25.7 Å². The van der Waals surface area contributed by atoms with Crippen LogP contribution in [0.15, 0.2) is 66.4 Å². The van der Waals surface area contributed by atoms with E-state index in [0.29, 0.717) is 10.6 Å². The summed E-state index contributed by atoms with van der Waals surface area (Å²) in [6, 6.07) is 15.6. The van der Waals surface area contributed by atoms with E-state index in [1.54, 1.807) is 30.3 Å². The Morgan fingerprint density at radius 2 is 1.69 bits per heavy atom. The minimum absolute atomic E-state index is 0.0120. The van der Waals surface area contributed by atoms with Crippen LogP contribution in [-0.4, -0.2) is 23.8 Å². The molecule has 0 saturated carbocycles. The number of fused-ring (bicyclic) bond motifs is 1. The average molecular weight is 364 g/mol. The molecule has 1 heterocycles. The summed E-state index contributed by atoms with van der Waals surface area (Å²) in [6.45, 7) is 2.25. The van der Waals surface area contributed by atoms with Crippen molar-refractivity contribution in [2.24, 2.45) is 0 Å². The number of hydrogen-bond donors (Lipinski definition) is 0. The van der Waals surface area contributed by atoms with E-state index >= 15 is 0 Å². The van der Waals surface area contributed by atoms with Crippen molar-refractivity contribution >= 4 is 23.0 Å². The molecule has 0 spiro atoms. The van der Waals surface area contributed by atoms with Crippen molar-refractivity contribution in [2.75, 3.05) is 13.1 Å². The molecule has 0 amide bonds. The van der Waals surface area contributed by atoms with Crippen LogP contribution >= 0.6 is 11.6 Å². The second-order valence-corrected chi connectivity index (χ2v) is 7.35. The molecule has 1 fully saturated rings. The molecule has 0 N–H and O–H groups in total. The predicted octanol–water partition coefficient (Wildman–Crippen LogP) is 5.53. The number of carbonyl (C=O) groups excluding carboxylic acids is 1. The van der Waals surface area contributed by atoms with Crippen molar-refractivity contribution in [3.63, 3.8) is 0 Å². The van der Waals surface area contributed by atoms with Gasteiger partial charge in [-0.25, -0.2) is 0 Å². The van der Waals surface area contributed by atoms with E-state index in [1.165, 1.54) is 35.2 Å². The van der Waals surface area contributed by atoms with Crippen LogP contribution in [0.4, 0.5) is 0 Å². The van der Waals surface area contributed by atoms with Crippen LogP contribution in [0.5, 0.6) is 0 Å². The number of likely N-dealkylation sites (tertiary alicyclic amines) is 1. The SMILES string of the molecule is O=C(C=CC1=C(N2CCCC2)CCc2ccccc21)c1ccc(Cl)cc1. The van der Waals surface area contributed by atoms with Gasteiger partial charge in [-0.15, -0.1) is 0 Å². The maximum Gasteiger partial charge on any atom is 0.185 e. The van der Waals surface area contributed by atoms with Gasteiger partial charge in [0.25, 0.3) is 0 Å². The van der Waals surface area contributed by atoms with Gasteiger partial charge < -0.3 is 4.90 Å². The Morgan fingerprint density at radius 1 is 0.962 bits per heavy atom. The van der Waals surface area contributed by atoms with Crippen molar-refractivity contribution in [3.8, 4) is 0 Å². The van der Waals surface area contributed by atoms with Gasteiger partial charge in [0.2, 0.25) is 0 Å². The maximum atomic E-state index is 12.6. The second-order valence-electron chi connectivity index (χ2n) is 6.92. The highest BCUT2D eigenvalue weighted by Crippen LogP contribution is 2.35. The van der Waals surface area contributed by atoms with E-state index in [1.807, 2.05) is 6.08 Å². The Kier molecular flexibility index (Phi) is 4.94. The zero-order valence-corrected chi connectivity index (χ0v) is 15.5. The lowest BCUT2D eigenvalue weighted by atomic mass is 9.87. The molecule has 0 atom stereocenters. The van der Waals surface area contributed by atoms with Crippen LogP contribution in [0.2, 0.25) is 5.02 Å². The van der Waals surface area contributed by atoms with Gasteiger partial charge in [-0.2, -0.15) is 0 Å². The first-order chi connectivity index (χ1) is 12.7. The summed E-state index contributed by atoms with van der Waals surface area (Å²) in [5.41, 5.74) is 5.89. The van der Waals surface area contributed by atoms with Crippen LogP contribution in [0.3, 0.4) is 0 Å². The number of ketones is 1. The topological polar surface area (TPSA) is 20.3 Å². The average Bonchev–Trinajstić information content (AvgIpc) is 3.21. The van der Waals surface area contributed by atoms with E-state index in [-0.39, 0.29) is 5.78 Å². The molecule has 132 valence electrons. The number of hydrogen-bond acceptors (Lipinski definition) is 2. The van der Waals surface area contributed by atoms with Gasteiger partial charge in [0.15, 0.2) is 5.78 Å². The lowest BCUT2D eigenvalue weighted by Crippen LogP contribution is -2.22. The van der Waals surface area contributed by atoms with E-state index in [2.05, 4.69) is 29.2 Å². The van der Waals surface area contributed by atoms with Crippen LogP contribution < -0.4 is 0 Å². The third-order valence-corrected chi connectivity index (χ3v) is 5.52. The molecule has 2 nitrogen and oxygen atoms in total. The Labute approximate surface area is 159 Å². The standard InChI is InChI=1S/C23H22ClNO/c24-19-10-7-18(8-11-19)23(26)14-12-21-20-6-2-1-5-17(20)9-13-22(21)25-15-3-4-16-25/h1-2,5-8,10-12,14H,3-4,9,13,15-16H2. The van der Waals surface area contributed by atoms with E-state index in [0.717, 1.165) is 25.9 Å². The minimum atomic E-state index is 0.0120. The van der Waals surface area contributed by atoms with E-state index in [9.17, 15) is 4.79 Å². The van der Waals surface area contributed by atoms with Crippen molar-refractivity contribution in [1.29, 1.82) is 0 Å². The molecule has 1 aliphatic carbocycles. The molecule has 3 heteroatoms. The molecule has 2 aliphatic rings. The molecule has 26 heavy (non-hydrogen) atoms. The summed E-state index contributed by atoms with van der Waals surface area (Å²) in [6.07, 6.45) is 8.35. The molecular weight excluding hydrogens is 342 g/mol. The molecule has 2 aromatic carbocycles. The molecule has 1 aliphatic heterocycles. The van der Waals surface area contributed by atoms with Gasteiger partial charge in [-0.1, -0.05) is 35.9 Å². The molecule has 0 radical (unpaired) electrons. The highest BCUT2D eigenvalue weighted by atomic mass is 35.5. The summed E-state index contributed by atoms with van der Waals surface area (Å²) in [7, 11) is 0. The lowest BCUT2D eigenvalue weighted by Gasteiger charge is -2.29. The number of allylic oxidation sites excluding steroid dienone is 4. The quantitative estimate of drug-likeness (QED) is 0.525. The van der Waals surface area contributed by atoms with Gasteiger partial charge in [-0.05, 0) is 73.2 Å². The zero-order valence-electron chi connectivity index (χ0n) is 14.7. The molecular formula is C23H22ClNO. The van der Waals surface area contributed by atoms with Gasteiger partial charge in [0.1, 0.15) is 0 Å². The van der Waals surface area contributed by atoms with Crippen molar-refractivity contribution in [1.82, 2.24) is 4.90 Å². The minimum Gasteiger partial charge on any atom is -0.374 e. The Hall–Kier alpha value is -2.32. The van der Waals surface area contributed by atoms with E-state index < -0.39 is 0 Å². The van der Waals surface area contributed by atoms with Crippen molar-refractivity contribution < 1.29 is 4.79 Å². The highest BCUT2D eigenvalue weighted by Gasteiger charge is 2.23. The summed E-state index contributed by atoms with van der Waals surface area (Å²) in [5.74, 6) is 0.0120. The van der Waals surface area contributed by atoms with Crippen LogP contribution in [0.1, 0.15) is 40.7 Å². The summed E-state index contributed by atoms with van der Waals surface area (Å²) in [5, 5.41) is 0.644. The molecule has 1 saturated heterocycles. The number of aryl methyl sites for hydroxylation is 1. The fraction of sp³-hybridized carbons (Fsp3) is 0.261. The molecule has 0 unspecified atom stereocenters. The van der Waals surface area contributed by atoms with Crippen molar-refractivity contribution in [3.05, 3.63) is 88.1 Å². The molecule has 4 rings (SSSR count). The number of carbonyl (C=O) groups is 1. The second kappa shape index (κ2) is 7.51. The largest absolute Gasteiger partial charge is 0.374 e. The fourth-order valence-electron chi connectivity index (χ4n) is 3.92. The third kappa shape index (κ3) is 3.47. The smallest absolute Gasteiger partial charge is 0.185 e. The first kappa shape index (κ1) is 17.1. The number of rotatable bonds is 4. The van der Waals surface area contributed by atoms with Gasteiger partial charge in [0, 0.05) is 34.9 Å². The fourth-order valence-corrected chi connectivity index (χ4v) is 4.04. The maximum absolute atomic E-state index is 12.6. The Balaban J connectivity index is 1.69. The van der Waals surface area contributed by atoms with Gasteiger partial charge >= 0.3 is 0 Å². The molecule has 2 aromatic rings. The predicted molar refractivity (Wildman–Crippen MR) is 107 cm³/mol. The Bertz CT molecular complexity index is 873. The Morgan fingerprint density at radius 3 is 2.46 bits per heavy atom. The monoisotopic (exact) mass is 363 g/mol. The first-order valence-corrected chi connectivity index (χ1v) is 9.64. The number of benzene rings is 2. The summed E-state index contributed by atoms with van der Waals surface area (Å²) < 4.78 is 0. The normalized spacial score (nSPS) is 17.0. The number of nitrogens with zero attached hydrogens (tertiary/aromatic N) is 1. The van der Waals surface area contributed by atoms with Crippen LogP contribution in [0.25, 0.3) is 5.57 Å². The van der Waals surface area contributed by atoms with Gasteiger partial charge in [0.05, 0.1) is 0 Å².